The van der Waals surface area contributed by atoms with Gasteiger partial charge in [-0.1, -0.05) is 119 Å². The Hall–Kier alpha value is 0.260. The molecule has 0 fully saturated rings. The summed E-state index contributed by atoms with van der Waals surface area (Å²) < 4.78 is 11.7. The Labute approximate surface area is 242 Å². The van der Waals surface area contributed by atoms with Gasteiger partial charge in [0.25, 0.3) is 0 Å². The molecule has 0 aliphatic rings. The molecule has 1 aromatic carbocycles. The van der Waals surface area contributed by atoms with E-state index in [-0.39, 0.29) is 26.2 Å². The third kappa shape index (κ3) is 48.0. The molecule has 0 amide bonds. The van der Waals surface area contributed by atoms with Crippen LogP contribution in [0.2, 0.25) is 0 Å². The Balaban J connectivity index is -0.000000182. The molecule has 0 aliphatic heterocycles. The maximum atomic E-state index is 11.7. The monoisotopic (exact) mass is 587 g/mol. The Morgan fingerprint density at radius 1 is 0.514 bits per heavy atom. The summed E-state index contributed by atoms with van der Waals surface area (Å²) in [7, 11) is -1.37. The molecule has 206 valence electrons. The molecule has 0 spiro atoms. The van der Waals surface area contributed by atoms with Crippen molar-refractivity contribution in [3.8, 4) is 0 Å². The summed E-state index contributed by atoms with van der Waals surface area (Å²) in [5, 5.41) is 14.0. The quantitative estimate of drug-likeness (QED) is 0.0670. The zero-order chi connectivity index (χ0) is 26.0. The van der Waals surface area contributed by atoms with Gasteiger partial charge in [0.1, 0.15) is 0 Å². The Morgan fingerprint density at radius 3 is 0.886 bits per heavy atom. The number of hydrogen-bond acceptors (Lipinski definition) is 0. The van der Waals surface area contributed by atoms with E-state index in [9.17, 15) is 4.11 Å². The first-order chi connectivity index (χ1) is 16.7. The van der Waals surface area contributed by atoms with E-state index < -0.39 is 9.85 Å². The van der Waals surface area contributed by atoms with Crippen LogP contribution in [0.5, 0.6) is 0 Å². The van der Waals surface area contributed by atoms with Gasteiger partial charge >= 0.3 is 26.2 Å². The van der Waals surface area contributed by atoms with Gasteiger partial charge in [-0.15, -0.1) is 44.5 Å². The summed E-state index contributed by atoms with van der Waals surface area (Å²) in [6, 6.07) is 7.38. The second-order valence-electron chi connectivity index (χ2n) is 8.56. The van der Waals surface area contributed by atoms with Gasteiger partial charge in [-0.05, 0) is 0 Å². The Morgan fingerprint density at radius 2 is 0.743 bits per heavy atom. The molecule has 6 heteroatoms. The molecular formula is C29H60FN3SiZr. The maximum Gasteiger partial charge on any atom is 4.00 e. The fourth-order valence-corrected chi connectivity index (χ4v) is 2.91. The molecule has 0 unspecified atom stereocenters. The molecule has 0 saturated heterocycles. The molecule has 0 N–H and O–H groups in total. The van der Waals surface area contributed by atoms with Crippen molar-refractivity contribution in [1.82, 2.24) is 0 Å². The molecular weight excluding hydrogens is 529 g/mol. The third-order valence-corrected chi connectivity index (χ3v) is 5.68. The van der Waals surface area contributed by atoms with Crippen LogP contribution in [-0.2, 0) is 26.2 Å². The number of halogens is 1. The first kappa shape index (κ1) is 42.4. The van der Waals surface area contributed by atoms with Crippen LogP contribution in [0.1, 0.15) is 119 Å². The number of hydrogen-bond donors (Lipinski definition) is 0. The van der Waals surface area contributed by atoms with E-state index in [1.807, 2.05) is 24.3 Å². The molecule has 3 nitrogen and oxygen atoms in total. The molecule has 0 bridgehead atoms. The summed E-state index contributed by atoms with van der Waals surface area (Å²) in [6.45, 7) is 19.7. The molecule has 35 heavy (non-hydrogen) atoms. The second kappa shape index (κ2) is 44.3. The number of nitrogens with zero attached hydrogens (tertiary/aromatic N) is 3. The number of rotatable bonds is 19. The molecule has 0 heterocycles. The van der Waals surface area contributed by atoms with E-state index in [1.165, 1.54) is 77.0 Å². The SMILES string of the molecule is CCCC[N-]CCCC.CCCC[N-]CCCC.CCCC[N-]CCCC.F[SiH2][c-]1cccc1.[Zr+4]. The van der Waals surface area contributed by atoms with Crippen molar-refractivity contribution < 1.29 is 30.3 Å². The van der Waals surface area contributed by atoms with Crippen LogP contribution in [0.15, 0.2) is 24.3 Å². The average Bonchev–Trinajstić information content (AvgIpc) is 3.39. The van der Waals surface area contributed by atoms with Crippen molar-refractivity contribution in [3.63, 3.8) is 0 Å². The predicted octanol–water partition coefficient (Wildman–Crippen LogP) is 8.96. The van der Waals surface area contributed by atoms with Crippen LogP contribution in [-0.4, -0.2) is 49.1 Å². The smallest absolute Gasteiger partial charge is 0.662 e. The van der Waals surface area contributed by atoms with Gasteiger partial charge in [0, 0.05) is 0 Å². The van der Waals surface area contributed by atoms with Gasteiger partial charge in [0.05, 0.1) is 0 Å². The Bertz CT molecular complexity index is 357. The summed E-state index contributed by atoms with van der Waals surface area (Å²) in [6.07, 6.45) is 15.2. The molecule has 0 aliphatic carbocycles. The van der Waals surface area contributed by atoms with Gasteiger partial charge in [0.2, 0.25) is 0 Å². The van der Waals surface area contributed by atoms with E-state index >= 15 is 0 Å². The van der Waals surface area contributed by atoms with Crippen LogP contribution in [0.4, 0.5) is 4.11 Å². The van der Waals surface area contributed by atoms with Crippen molar-refractivity contribution in [2.24, 2.45) is 0 Å². The molecule has 0 aromatic heterocycles. The van der Waals surface area contributed by atoms with E-state index in [2.05, 4.69) is 57.5 Å². The van der Waals surface area contributed by atoms with Crippen LogP contribution in [0, 0.1) is 0 Å². The largest absolute Gasteiger partial charge is 4.00 e. The summed E-state index contributed by atoms with van der Waals surface area (Å²) >= 11 is 0. The van der Waals surface area contributed by atoms with E-state index in [1.54, 1.807) is 0 Å². The van der Waals surface area contributed by atoms with Crippen molar-refractivity contribution in [2.75, 3.05) is 39.3 Å². The molecule has 0 atom stereocenters. The molecule has 0 saturated carbocycles. The van der Waals surface area contributed by atoms with Crippen LogP contribution in [0.25, 0.3) is 16.0 Å². The minimum Gasteiger partial charge on any atom is -0.662 e. The Kier molecular flexibility index (Phi) is 53.6. The molecule has 1 rings (SSSR count). The second-order valence-corrected chi connectivity index (χ2v) is 9.64. The zero-order valence-corrected chi connectivity index (χ0v) is 28.3. The van der Waals surface area contributed by atoms with Crippen LogP contribution >= 0.6 is 0 Å². The third-order valence-electron chi connectivity index (χ3n) is 4.90. The minimum atomic E-state index is -1.37. The van der Waals surface area contributed by atoms with Crippen LogP contribution < -0.4 is 5.19 Å². The predicted molar refractivity (Wildman–Crippen MR) is 160 cm³/mol. The zero-order valence-electron chi connectivity index (χ0n) is 24.5. The number of unbranched alkanes of at least 4 members (excludes halogenated alkanes) is 6. The topological polar surface area (TPSA) is 42.3 Å². The summed E-state index contributed by atoms with van der Waals surface area (Å²) in [5.74, 6) is 0. The average molecular weight is 589 g/mol. The van der Waals surface area contributed by atoms with Gasteiger partial charge in [-0.3, -0.25) is 0 Å². The van der Waals surface area contributed by atoms with Gasteiger partial charge in [-0.25, -0.2) is 12.1 Å². The first-order valence-electron chi connectivity index (χ1n) is 14.3. The fraction of sp³-hybridized carbons (Fsp3) is 0.828. The molecule has 0 radical (unpaired) electrons. The normalized spacial score (nSPS) is 9.91. The fourth-order valence-electron chi connectivity index (χ4n) is 2.46. The van der Waals surface area contributed by atoms with Gasteiger partial charge in [0.15, 0.2) is 9.85 Å². The molecule has 1 aromatic rings. The maximum absolute atomic E-state index is 11.7. The standard InChI is InChI=1S/3C8H18N.C5H6FSi.Zr/c3*1-3-5-7-9-8-6-4-2;6-7-5-3-1-2-4-5;/h3*3-8H2,1-2H3;1-4H,7H2;/q4*-1;+4. The van der Waals surface area contributed by atoms with E-state index in [0.717, 1.165) is 44.5 Å². The van der Waals surface area contributed by atoms with Gasteiger partial charge < -0.3 is 20.1 Å². The van der Waals surface area contributed by atoms with E-state index in [0.29, 0.717) is 0 Å². The van der Waals surface area contributed by atoms with Crippen molar-refractivity contribution in [2.45, 2.75) is 119 Å². The summed E-state index contributed by atoms with van der Waals surface area (Å²) in [4.78, 5) is 0. The van der Waals surface area contributed by atoms with Crippen LogP contribution in [0.3, 0.4) is 0 Å². The summed E-state index contributed by atoms with van der Waals surface area (Å²) in [5.41, 5.74) is 0. The first-order valence-corrected chi connectivity index (χ1v) is 15.6. The van der Waals surface area contributed by atoms with Gasteiger partial charge in [-0.2, -0.15) is 12.1 Å². The minimum absolute atomic E-state index is 0. The van der Waals surface area contributed by atoms with E-state index in [4.69, 9.17) is 0 Å². The van der Waals surface area contributed by atoms with Crippen molar-refractivity contribution >= 4 is 15.0 Å². The van der Waals surface area contributed by atoms with Crippen molar-refractivity contribution in [3.05, 3.63) is 40.2 Å². The van der Waals surface area contributed by atoms with Crippen molar-refractivity contribution in [1.29, 1.82) is 0 Å².